The van der Waals surface area contributed by atoms with Crippen molar-refractivity contribution in [1.82, 2.24) is 15.2 Å². The summed E-state index contributed by atoms with van der Waals surface area (Å²) in [7, 11) is 0. The van der Waals surface area contributed by atoms with Crippen molar-refractivity contribution in [2.45, 2.75) is 25.8 Å². The summed E-state index contributed by atoms with van der Waals surface area (Å²) in [6, 6.07) is 16.7. The van der Waals surface area contributed by atoms with Crippen molar-refractivity contribution in [3.63, 3.8) is 0 Å². The Kier molecular flexibility index (Phi) is 4.76. The van der Waals surface area contributed by atoms with Crippen LogP contribution in [0.4, 0.5) is 0 Å². The van der Waals surface area contributed by atoms with E-state index < -0.39 is 0 Å². The van der Waals surface area contributed by atoms with Gasteiger partial charge in [-0.3, -0.25) is 4.79 Å². The van der Waals surface area contributed by atoms with Gasteiger partial charge in [0.2, 0.25) is 5.91 Å². The number of H-pyrrole nitrogens is 1. The first-order valence-corrected chi connectivity index (χ1v) is 9.33. The summed E-state index contributed by atoms with van der Waals surface area (Å²) >= 11 is 0. The fourth-order valence-electron chi connectivity index (χ4n) is 3.71. The number of aromatic amines is 1. The molecule has 1 atom stereocenters. The lowest BCUT2D eigenvalue weighted by molar-refractivity contribution is -0.135. The third kappa shape index (κ3) is 3.51. The normalized spacial score (nSPS) is 17.8. The van der Waals surface area contributed by atoms with Crippen LogP contribution in [-0.2, 0) is 17.6 Å². The second-order valence-electron chi connectivity index (χ2n) is 7.13. The molecule has 0 bridgehead atoms. The molecular weight excluding hydrogens is 322 g/mol. The summed E-state index contributed by atoms with van der Waals surface area (Å²) in [5.74, 6) is 0.216. The maximum Gasteiger partial charge on any atom is 0.240 e. The first-order chi connectivity index (χ1) is 12.7. The summed E-state index contributed by atoms with van der Waals surface area (Å²) in [5.41, 5.74) is 4.88. The molecule has 3 aromatic rings. The molecule has 0 radical (unpaired) electrons. The van der Waals surface area contributed by atoms with Crippen molar-refractivity contribution >= 4 is 16.8 Å². The summed E-state index contributed by atoms with van der Waals surface area (Å²) in [5, 5.41) is 4.61. The number of hydrogen-bond acceptors (Lipinski definition) is 2. The highest BCUT2D eigenvalue weighted by Gasteiger charge is 2.28. The third-order valence-corrected chi connectivity index (χ3v) is 5.27. The van der Waals surface area contributed by atoms with Crippen molar-refractivity contribution < 1.29 is 4.79 Å². The van der Waals surface area contributed by atoms with Gasteiger partial charge in [0.1, 0.15) is 0 Å². The van der Waals surface area contributed by atoms with E-state index in [1.54, 1.807) is 0 Å². The van der Waals surface area contributed by atoms with Crippen LogP contribution in [0.2, 0.25) is 0 Å². The molecule has 0 saturated carbocycles. The Morgan fingerprint density at radius 1 is 1.12 bits per heavy atom. The molecule has 1 aliphatic rings. The van der Waals surface area contributed by atoms with E-state index >= 15 is 0 Å². The van der Waals surface area contributed by atoms with E-state index in [1.165, 1.54) is 22.1 Å². The second-order valence-corrected chi connectivity index (χ2v) is 7.13. The largest absolute Gasteiger partial charge is 0.361 e. The standard InChI is InChI=1S/C22H25N3O/c1-16-6-8-17(9-7-16)10-12-25-13-11-23-21(22(25)26)14-18-15-24-20-5-3-2-4-19(18)20/h2-9,15,21,23-24H,10-14H2,1H3. The van der Waals surface area contributed by atoms with Crippen LogP contribution in [0.5, 0.6) is 0 Å². The molecule has 1 fully saturated rings. The zero-order valence-electron chi connectivity index (χ0n) is 15.2. The van der Waals surface area contributed by atoms with Gasteiger partial charge in [-0.15, -0.1) is 0 Å². The number of carbonyl (C=O) groups excluding carboxylic acids is 1. The molecule has 2 aromatic carbocycles. The fraction of sp³-hybridized carbons (Fsp3) is 0.318. The number of carbonyl (C=O) groups is 1. The summed E-state index contributed by atoms with van der Waals surface area (Å²) in [4.78, 5) is 18.2. The van der Waals surface area contributed by atoms with Crippen LogP contribution < -0.4 is 5.32 Å². The molecule has 4 heteroatoms. The SMILES string of the molecule is Cc1ccc(CCN2CCNC(Cc3c[nH]c4ccccc34)C2=O)cc1. The highest BCUT2D eigenvalue weighted by atomic mass is 16.2. The van der Waals surface area contributed by atoms with E-state index in [0.717, 1.165) is 38.0 Å². The lowest BCUT2D eigenvalue weighted by Gasteiger charge is -2.33. The predicted molar refractivity (Wildman–Crippen MR) is 105 cm³/mol. The van der Waals surface area contributed by atoms with Crippen LogP contribution in [0, 0.1) is 6.92 Å². The van der Waals surface area contributed by atoms with Crippen LogP contribution in [0.25, 0.3) is 10.9 Å². The van der Waals surface area contributed by atoms with Gasteiger partial charge in [-0.05, 0) is 37.0 Å². The fourth-order valence-corrected chi connectivity index (χ4v) is 3.71. The minimum atomic E-state index is -0.138. The Labute approximate surface area is 154 Å². The van der Waals surface area contributed by atoms with Gasteiger partial charge >= 0.3 is 0 Å². The van der Waals surface area contributed by atoms with Gasteiger partial charge < -0.3 is 15.2 Å². The molecule has 1 aromatic heterocycles. The van der Waals surface area contributed by atoms with Gasteiger partial charge in [0, 0.05) is 36.7 Å². The quantitative estimate of drug-likeness (QED) is 0.745. The molecule has 4 nitrogen and oxygen atoms in total. The first kappa shape index (κ1) is 16.9. The van der Waals surface area contributed by atoms with Gasteiger partial charge in [0.15, 0.2) is 0 Å². The lowest BCUT2D eigenvalue weighted by atomic mass is 10.0. The smallest absolute Gasteiger partial charge is 0.240 e. The number of benzene rings is 2. The van der Waals surface area contributed by atoms with Gasteiger partial charge in [-0.1, -0.05) is 48.0 Å². The molecule has 2 N–H and O–H groups in total. The highest BCUT2D eigenvalue weighted by Crippen LogP contribution is 2.20. The summed E-state index contributed by atoms with van der Waals surface area (Å²) < 4.78 is 0. The van der Waals surface area contributed by atoms with Crippen LogP contribution >= 0.6 is 0 Å². The molecule has 0 spiro atoms. The Hall–Kier alpha value is -2.59. The van der Waals surface area contributed by atoms with Crippen LogP contribution in [0.1, 0.15) is 16.7 Å². The number of piperazine rings is 1. The van der Waals surface area contributed by atoms with E-state index in [0.29, 0.717) is 0 Å². The number of fused-ring (bicyclic) bond motifs is 1. The molecule has 1 amide bonds. The average Bonchev–Trinajstić information content (AvgIpc) is 3.07. The minimum Gasteiger partial charge on any atom is -0.361 e. The van der Waals surface area contributed by atoms with Crippen molar-refractivity contribution in [3.05, 3.63) is 71.4 Å². The topological polar surface area (TPSA) is 48.1 Å². The van der Waals surface area contributed by atoms with Crippen LogP contribution in [0.3, 0.4) is 0 Å². The summed E-state index contributed by atoms with van der Waals surface area (Å²) in [6.45, 7) is 4.52. The molecule has 1 aliphatic heterocycles. The van der Waals surface area contributed by atoms with Crippen LogP contribution in [-0.4, -0.2) is 41.5 Å². The maximum absolute atomic E-state index is 12.9. The molecule has 134 valence electrons. The molecule has 0 aliphatic carbocycles. The Bertz CT molecular complexity index is 897. The average molecular weight is 347 g/mol. The predicted octanol–water partition coefficient (Wildman–Crippen LogP) is 3.06. The van der Waals surface area contributed by atoms with Gasteiger partial charge in [-0.25, -0.2) is 0 Å². The molecule has 2 heterocycles. The maximum atomic E-state index is 12.9. The number of aromatic nitrogens is 1. The number of aryl methyl sites for hydroxylation is 1. The van der Waals surface area contributed by atoms with Gasteiger partial charge in [-0.2, -0.15) is 0 Å². The Balaban J connectivity index is 1.41. The van der Waals surface area contributed by atoms with Crippen molar-refractivity contribution in [2.24, 2.45) is 0 Å². The van der Waals surface area contributed by atoms with Crippen molar-refractivity contribution in [2.75, 3.05) is 19.6 Å². The molecule has 1 saturated heterocycles. The molecule has 1 unspecified atom stereocenters. The van der Waals surface area contributed by atoms with Crippen molar-refractivity contribution in [3.8, 4) is 0 Å². The van der Waals surface area contributed by atoms with Crippen molar-refractivity contribution in [1.29, 1.82) is 0 Å². The van der Waals surface area contributed by atoms with E-state index in [9.17, 15) is 4.79 Å². The Morgan fingerprint density at radius 2 is 1.92 bits per heavy atom. The third-order valence-electron chi connectivity index (χ3n) is 5.27. The monoisotopic (exact) mass is 347 g/mol. The van der Waals surface area contributed by atoms with Crippen LogP contribution in [0.15, 0.2) is 54.7 Å². The lowest BCUT2D eigenvalue weighted by Crippen LogP contribution is -2.56. The number of para-hydroxylation sites is 1. The van der Waals surface area contributed by atoms with E-state index in [1.807, 2.05) is 23.2 Å². The summed E-state index contributed by atoms with van der Waals surface area (Å²) in [6.07, 6.45) is 3.67. The van der Waals surface area contributed by atoms with E-state index in [2.05, 4.69) is 53.6 Å². The second kappa shape index (κ2) is 7.34. The number of hydrogen-bond donors (Lipinski definition) is 2. The number of nitrogens with zero attached hydrogens (tertiary/aromatic N) is 1. The zero-order valence-corrected chi connectivity index (χ0v) is 15.2. The number of amides is 1. The number of rotatable bonds is 5. The molecular formula is C22H25N3O. The Morgan fingerprint density at radius 3 is 2.77 bits per heavy atom. The van der Waals surface area contributed by atoms with E-state index in [-0.39, 0.29) is 11.9 Å². The molecule has 4 rings (SSSR count). The van der Waals surface area contributed by atoms with Gasteiger partial charge in [0.25, 0.3) is 0 Å². The molecule has 26 heavy (non-hydrogen) atoms. The number of nitrogens with one attached hydrogen (secondary N) is 2. The highest BCUT2D eigenvalue weighted by molar-refractivity contribution is 5.86. The minimum absolute atomic E-state index is 0.138. The van der Waals surface area contributed by atoms with Gasteiger partial charge in [0.05, 0.1) is 6.04 Å². The first-order valence-electron chi connectivity index (χ1n) is 9.33. The zero-order chi connectivity index (χ0) is 17.9. The van der Waals surface area contributed by atoms with E-state index in [4.69, 9.17) is 0 Å².